The van der Waals surface area contributed by atoms with Gasteiger partial charge in [0.25, 0.3) is 0 Å². The normalized spacial score (nSPS) is 10.6. The van der Waals surface area contributed by atoms with Gasteiger partial charge in [-0.15, -0.1) is 0 Å². The number of rotatable bonds is 7. The molecule has 1 N–H and O–H groups in total. The predicted octanol–water partition coefficient (Wildman–Crippen LogP) is 7.06. The first kappa shape index (κ1) is 33.3. The SMILES string of the molecule is [Au].[HH].[c]1ccccc1P(=[NH+]c1ccccc1)(c1ccccc1)c1ccccc1.c1ccc(P(c2ccccc2)c2ccccc2)cc1. The molecule has 46 heavy (non-hydrogen) atoms. The molecule has 0 aromatic heterocycles. The maximum absolute atomic E-state index is 3.92. The summed E-state index contributed by atoms with van der Waals surface area (Å²) < 4.78 is 3.92. The van der Waals surface area contributed by atoms with Crippen molar-refractivity contribution in [3.8, 4) is 0 Å². The second kappa shape index (κ2) is 17.0. The molecule has 0 spiro atoms. The fourth-order valence-electron chi connectivity index (χ4n) is 5.40. The number of nitrogens with one attached hydrogen (secondary N) is 1. The van der Waals surface area contributed by atoms with Gasteiger partial charge in [0, 0.05) is 51.9 Å². The largest absolute Gasteiger partial charge is 0.224 e. The van der Waals surface area contributed by atoms with Gasteiger partial charge >= 0.3 is 0 Å². The van der Waals surface area contributed by atoms with Crippen molar-refractivity contribution in [3.05, 3.63) is 212 Å². The second-order valence-corrected chi connectivity index (χ2v) is 15.7. The molecule has 0 unspecified atom stereocenters. The van der Waals surface area contributed by atoms with Crippen LogP contribution in [0.4, 0.5) is 5.69 Å². The Labute approximate surface area is 291 Å². The molecule has 7 aromatic rings. The molecular formula is C42H37AuNP2+. The summed E-state index contributed by atoms with van der Waals surface area (Å²) in [7, 11) is -2.53. The third-order valence-corrected chi connectivity index (χ3v) is 13.6. The molecule has 0 saturated heterocycles. The minimum atomic E-state index is -2.08. The number of hydrogen-bond donors (Lipinski definition) is 1. The van der Waals surface area contributed by atoms with Crippen molar-refractivity contribution >= 4 is 52.5 Å². The molecule has 2 radical (unpaired) electrons. The van der Waals surface area contributed by atoms with Crippen LogP contribution in [0.15, 0.2) is 206 Å². The fourth-order valence-corrected chi connectivity index (χ4v) is 11.3. The van der Waals surface area contributed by atoms with Crippen molar-refractivity contribution in [1.82, 2.24) is 0 Å². The van der Waals surface area contributed by atoms with E-state index in [0.717, 1.165) is 5.69 Å². The Hall–Kier alpha value is -4.06. The monoisotopic (exact) mass is 814 g/mol. The minimum Gasteiger partial charge on any atom is -0.224 e. The first-order valence-electron chi connectivity index (χ1n) is 15.1. The van der Waals surface area contributed by atoms with Crippen molar-refractivity contribution in [3.63, 3.8) is 0 Å². The molecule has 7 aromatic carbocycles. The van der Waals surface area contributed by atoms with Crippen LogP contribution in [-0.4, -0.2) is 0 Å². The van der Waals surface area contributed by atoms with Gasteiger partial charge in [-0.2, -0.15) is 0 Å². The second-order valence-electron chi connectivity index (χ2n) is 10.4. The Morgan fingerprint density at radius 1 is 0.413 bits per heavy atom. The maximum Gasteiger partial charge on any atom is 0.199 e. The van der Waals surface area contributed by atoms with Gasteiger partial charge in [0.05, 0.1) is 0 Å². The van der Waals surface area contributed by atoms with E-state index in [1.54, 1.807) is 0 Å². The van der Waals surface area contributed by atoms with Crippen molar-refractivity contribution in [1.29, 1.82) is 0 Å². The van der Waals surface area contributed by atoms with Gasteiger partial charge in [-0.3, -0.25) is 0 Å². The van der Waals surface area contributed by atoms with Gasteiger partial charge in [0.2, 0.25) is 0 Å². The molecule has 0 atom stereocenters. The summed E-state index contributed by atoms with van der Waals surface area (Å²) in [5, 5.41) is 7.97. The van der Waals surface area contributed by atoms with E-state index in [-0.39, 0.29) is 23.8 Å². The molecule has 4 heteroatoms. The van der Waals surface area contributed by atoms with Crippen molar-refractivity contribution in [2.75, 3.05) is 0 Å². The van der Waals surface area contributed by atoms with Crippen LogP contribution in [0.2, 0.25) is 0 Å². The molecule has 0 saturated carbocycles. The zero-order valence-electron chi connectivity index (χ0n) is 25.3. The smallest absolute Gasteiger partial charge is 0.199 e. The van der Waals surface area contributed by atoms with E-state index in [2.05, 4.69) is 199 Å². The summed E-state index contributed by atoms with van der Waals surface area (Å²) in [6.07, 6.45) is 0. The standard InChI is InChI=1S/C24H19NP.C18H15P.Au.H2/c1-5-13-21(14-6-1)25-26(22-15-7-2-8-16-22,23-17-9-3-10-18-23)24-19-11-4-12-20-24;1-4-10-16(11-5-1)19(17-12-6-2-7-13-17)18-14-8-3-9-15-18;;/h1-19H;1-15H;;1H/p+1. The zero-order valence-corrected chi connectivity index (χ0v) is 29.3. The van der Waals surface area contributed by atoms with Gasteiger partial charge in [0.15, 0.2) is 12.7 Å². The Kier molecular flexibility index (Phi) is 12.3. The van der Waals surface area contributed by atoms with E-state index < -0.39 is 15.0 Å². The Balaban J connectivity index is 0.000000213. The van der Waals surface area contributed by atoms with Gasteiger partial charge < -0.3 is 0 Å². The predicted molar refractivity (Wildman–Crippen MR) is 198 cm³/mol. The van der Waals surface area contributed by atoms with Crippen LogP contribution in [0.1, 0.15) is 1.43 Å². The third kappa shape index (κ3) is 8.01. The van der Waals surface area contributed by atoms with Crippen molar-refractivity contribution in [2.24, 2.45) is 0 Å². The van der Waals surface area contributed by atoms with Crippen LogP contribution in [-0.2, 0) is 22.4 Å². The average Bonchev–Trinajstić information content (AvgIpc) is 3.14. The first-order chi connectivity index (χ1) is 22.3. The van der Waals surface area contributed by atoms with Crippen LogP contribution >= 0.6 is 15.0 Å². The van der Waals surface area contributed by atoms with Crippen molar-refractivity contribution < 1.29 is 28.6 Å². The summed E-state index contributed by atoms with van der Waals surface area (Å²) in [6.45, 7) is 0. The summed E-state index contributed by atoms with van der Waals surface area (Å²) in [5.41, 5.74) is 1.12. The van der Waals surface area contributed by atoms with E-state index in [4.69, 9.17) is 0 Å². The molecule has 230 valence electrons. The molecule has 0 heterocycles. The van der Waals surface area contributed by atoms with Crippen LogP contribution in [0.5, 0.6) is 0 Å². The molecule has 0 bridgehead atoms. The summed E-state index contributed by atoms with van der Waals surface area (Å²) >= 11 is 0. The van der Waals surface area contributed by atoms with Gasteiger partial charge in [-0.1, -0.05) is 164 Å². The third-order valence-electron chi connectivity index (χ3n) is 7.45. The first-order valence-corrected chi connectivity index (χ1v) is 18.2. The van der Waals surface area contributed by atoms with Gasteiger partial charge in [-0.05, 0) is 60.2 Å². The number of benzene rings is 7. The minimum absolute atomic E-state index is 0. The van der Waals surface area contributed by atoms with Gasteiger partial charge in [-0.25, -0.2) is 4.74 Å². The van der Waals surface area contributed by atoms with Crippen LogP contribution in [0, 0.1) is 6.07 Å². The van der Waals surface area contributed by atoms with E-state index >= 15 is 0 Å². The van der Waals surface area contributed by atoms with E-state index in [0.29, 0.717) is 0 Å². The number of para-hydroxylation sites is 1. The summed E-state index contributed by atoms with van der Waals surface area (Å²) in [4.78, 5) is 0. The molecule has 0 aliphatic rings. The molecule has 0 aliphatic carbocycles. The number of hydrogen-bond acceptors (Lipinski definition) is 0. The average molecular weight is 815 g/mol. The summed E-state index contributed by atoms with van der Waals surface area (Å²) in [6, 6.07) is 76.1. The molecular weight excluding hydrogens is 777 g/mol. The summed E-state index contributed by atoms with van der Waals surface area (Å²) in [5.74, 6) is 0. The van der Waals surface area contributed by atoms with Gasteiger partial charge in [0.1, 0.15) is 0 Å². The molecule has 0 amide bonds. The zero-order chi connectivity index (χ0) is 30.6. The quantitative estimate of drug-likeness (QED) is 0.131. The van der Waals surface area contributed by atoms with E-state index in [1.807, 2.05) is 18.2 Å². The van der Waals surface area contributed by atoms with Crippen LogP contribution < -0.4 is 36.6 Å². The maximum atomic E-state index is 3.92. The van der Waals surface area contributed by atoms with Crippen LogP contribution in [0.3, 0.4) is 0 Å². The topological polar surface area (TPSA) is 14.0 Å². The Bertz CT molecular complexity index is 1730. The van der Waals surface area contributed by atoms with Crippen molar-refractivity contribution in [2.45, 2.75) is 0 Å². The van der Waals surface area contributed by atoms with Crippen LogP contribution in [0.25, 0.3) is 0 Å². The van der Waals surface area contributed by atoms with E-state index in [9.17, 15) is 0 Å². The Morgan fingerprint density at radius 2 is 0.761 bits per heavy atom. The fraction of sp³-hybridized carbons (Fsp3) is 0. The Morgan fingerprint density at radius 3 is 1.13 bits per heavy atom. The molecule has 0 fully saturated rings. The molecule has 1 nitrogen and oxygen atoms in total. The van der Waals surface area contributed by atoms with E-state index in [1.165, 1.54) is 31.8 Å². The molecule has 7 rings (SSSR count). The molecule has 0 aliphatic heterocycles.